The van der Waals surface area contributed by atoms with Crippen LogP contribution in [0, 0.1) is 0 Å². The van der Waals surface area contributed by atoms with Gasteiger partial charge in [-0.25, -0.2) is 4.98 Å². The number of halogens is 2. The lowest BCUT2D eigenvalue weighted by atomic mass is 10.2. The Balaban J connectivity index is 2.21. The van der Waals surface area contributed by atoms with E-state index in [2.05, 4.69) is 20.9 Å². The average molecular weight is 316 g/mol. The molecule has 2 aromatic rings. The van der Waals surface area contributed by atoms with Crippen molar-refractivity contribution in [3.8, 4) is 11.3 Å². The van der Waals surface area contributed by atoms with Crippen molar-refractivity contribution >= 4 is 27.5 Å². The third-order valence-electron chi connectivity index (χ3n) is 2.35. The molecule has 0 amide bonds. The van der Waals surface area contributed by atoms with Gasteiger partial charge in [0.05, 0.1) is 11.2 Å². The first-order chi connectivity index (χ1) is 8.20. The van der Waals surface area contributed by atoms with Crippen LogP contribution in [0.3, 0.4) is 0 Å². The van der Waals surface area contributed by atoms with Crippen molar-refractivity contribution in [2.45, 2.75) is 12.8 Å². The van der Waals surface area contributed by atoms with Gasteiger partial charge < -0.3 is 10.2 Å². The van der Waals surface area contributed by atoms with Crippen molar-refractivity contribution in [3.05, 3.63) is 39.8 Å². The molecule has 0 aliphatic heterocycles. The van der Waals surface area contributed by atoms with Crippen LogP contribution in [-0.4, -0.2) is 11.5 Å². The van der Waals surface area contributed by atoms with Crippen molar-refractivity contribution in [2.75, 3.05) is 6.54 Å². The standard InChI is InChI=1S/C12H12BrClN2O/c13-9-4-3-8(6-10(9)14)11-7-16-12(17-11)2-1-5-15/h3-4,6-7H,1-2,5,15H2. The second-order valence-corrected chi connectivity index (χ2v) is 4.90. The maximum atomic E-state index is 6.03. The summed E-state index contributed by atoms with van der Waals surface area (Å²) in [5.41, 5.74) is 6.36. The van der Waals surface area contributed by atoms with Gasteiger partial charge in [0.2, 0.25) is 0 Å². The second kappa shape index (κ2) is 5.67. The molecule has 0 saturated heterocycles. The number of hydrogen-bond acceptors (Lipinski definition) is 3. The molecule has 0 fully saturated rings. The first-order valence-corrected chi connectivity index (χ1v) is 6.48. The average Bonchev–Trinajstić information content (AvgIpc) is 2.79. The number of aromatic nitrogens is 1. The number of aryl methyl sites for hydroxylation is 1. The molecule has 1 aromatic heterocycles. The lowest BCUT2D eigenvalue weighted by Gasteiger charge is -1.99. The van der Waals surface area contributed by atoms with Gasteiger partial charge in [-0.05, 0) is 47.1 Å². The van der Waals surface area contributed by atoms with Gasteiger partial charge in [-0.15, -0.1) is 0 Å². The Morgan fingerprint density at radius 1 is 1.41 bits per heavy atom. The molecule has 5 heteroatoms. The summed E-state index contributed by atoms with van der Waals surface area (Å²) in [5.74, 6) is 1.44. The number of benzene rings is 1. The molecule has 17 heavy (non-hydrogen) atoms. The summed E-state index contributed by atoms with van der Waals surface area (Å²) in [6.45, 7) is 0.641. The molecule has 0 radical (unpaired) electrons. The molecule has 1 heterocycles. The molecule has 0 bridgehead atoms. The first-order valence-electron chi connectivity index (χ1n) is 5.31. The third kappa shape index (κ3) is 3.09. The molecule has 0 atom stereocenters. The van der Waals surface area contributed by atoms with E-state index in [1.54, 1.807) is 6.20 Å². The predicted molar refractivity (Wildman–Crippen MR) is 72.0 cm³/mol. The van der Waals surface area contributed by atoms with Gasteiger partial charge in [-0.1, -0.05) is 11.6 Å². The molecule has 0 spiro atoms. The van der Waals surface area contributed by atoms with Gasteiger partial charge in [0, 0.05) is 16.5 Å². The van der Waals surface area contributed by atoms with Crippen LogP contribution in [0.5, 0.6) is 0 Å². The molecular formula is C12H12BrClN2O. The molecule has 0 aliphatic rings. The Hall–Kier alpha value is -0.840. The lowest BCUT2D eigenvalue weighted by molar-refractivity contribution is 0.499. The fourth-order valence-electron chi connectivity index (χ4n) is 1.46. The zero-order valence-corrected chi connectivity index (χ0v) is 11.5. The Morgan fingerprint density at radius 3 is 2.94 bits per heavy atom. The normalized spacial score (nSPS) is 10.8. The van der Waals surface area contributed by atoms with Crippen molar-refractivity contribution in [1.82, 2.24) is 4.98 Å². The van der Waals surface area contributed by atoms with Gasteiger partial charge >= 0.3 is 0 Å². The molecule has 1 aromatic carbocycles. The largest absolute Gasteiger partial charge is 0.441 e. The topological polar surface area (TPSA) is 52.0 Å². The van der Waals surface area contributed by atoms with E-state index in [4.69, 9.17) is 21.8 Å². The molecule has 2 N–H and O–H groups in total. The summed E-state index contributed by atoms with van der Waals surface area (Å²) in [7, 11) is 0. The van der Waals surface area contributed by atoms with Gasteiger partial charge in [-0.2, -0.15) is 0 Å². The highest BCUT2D eigenvalue weighted by Crippen LogP contribution is 2.29. The zero-order valence-electron chi connectivity index (χ0n) is 9.12. The predicted octanol–water partition coefficient (Wildman–Crippen LogP) is 3.65. The van der Waals surface area contributed by atoms with Crippen LogP contribution < -0.4 is 5.73 Å². The van der Waals surface area contributed by atoms with Crippen molar-refractivity contribution in [2.24, 2.45) is 5.73 Å². The van der Waals surface area contributed by atoms with Gasteiger partial charge in [-0.3, -0.25) is 0 Å². The SMILES string of the molecule is NCCCc1ncc(-c2ccc(Br)c(Cl)c2)o1. The monoisotopic (exact) mass is 314 g/mol. The van der Waals surface area contributed by atoms with E-state index in [0.29, 0.717) is 17.5 Å². The fourth-order valence-corrected chi connectivity index (χ4v) is 1.89. The van der Waals surface area contributed by atoms with Gasteiger partial charge in [0.25, 0.3) is 0 Å². The van der Waals surface area contributed by atoms with Gasteiger partial charge in [0.1, 0.15) is 0 Å². The summed E-state index contributed by atoms with van der Waals surface area (Å²) < 4.78 is 6.49. The Labute approximate surface area is 113 Å². The maximum Gasteiger partial charge on any atom is 0.194 e. The molecule has 0 unspecified atom stereocenters. The number of nitrogens with zero attached hydrogens (tertiary/aromatic N) is 1. The minimum atomic E-state index is 0.641. The van der Waals surface area contributed by atoms with Crippen molar-refractivity contribution in [1.29, 1.82) is 0 Å². The van der Waals surface area contributed by atoms with Crippen LogP contribution in [0.4, 0.5) is 0 Å². The zero-order chi connectivity index (χ0) is 12.3. The highest BCUT2D eigenvalue weighted by molar-refractivity contribution is 9.10. The van der Waals surface area contributed by atoms with Crippen molar-refractivity contribution in [3.63, 3.8) is 0 Å². The Morgan fingerprint density at radius 2 is 2.24 bits per heavy atom. The number of hydrogen-bond donors (Lipinski definition) is 1. The molecule has 3 nitrogen and oxygen atoms in total. The first kappa shape index (κ1) is 12.6. The molecule has 90 valence electrons. The molecular weight excluding hydrogens is 304 g/mol. The molecule has 2 rings (SSSR count). The Bertz CT molecular complexity index is 513. The number of oxazole rings is 1. The third-order valence-corrected chi connectivity index (χ3v) is 3.58. The summed E-state index contributed by atoms with van der Waals surface area (Å²) >= 11 is 9.38. The van der Waals surface area contributed by atoms with E-state index in [-0.39, 0.29) is 0 Å². The maximum absolute atomic E-state index is 6.03. The van der Waals surface area contributed by atoms with E-state index < -0.39 is 0 Å². The number of nitrogens with two attached hydrogens (primary N) is 1. The van der Waals surface area contributed by atoms with E-state index in [1.165, 1.54) is 0 Å². The smallest absolute Gasteiger partial charge is 0.194 e. The fraction of sp³-hybridized carbons (Fsp3) is 0.250. The molecule has 0 saturated carbocycles. The summed E-state index contributed by atoms with van der Waals surface area (Å²) in [4.78, 5) is 4.21. The summed E-state index contributed by atoms with van der Waals surface area (Å²) in [6, 6.07) is 5.67. The van der Waals surface area contributed by atoms with Crippen LogP contribution in [0.15, 0.2) is 33.3 Å². The van der Waals surface area contributed by atoms with Gasteiger partial charge in [0.15, 0.2) is 11.7 Å². The molecule has 0 aliphatic carbocycles. The quantitative estimate of drug-likeness (QED) is 0.937. The van der Waals surface area contributed by atoms with Crippen LogP contribution in [0.25, 0.3) is 11.3 Å². The second-order valence-electron chi connectivity index (χ2n) is 3.64. The van der Waals surface area contributed by atoms with E-state index in [9.17, 15) is 0 Å². The Kier molecular flexibility index (Phi) is 4.20. The highest BCUT2D eigenvalue weighted by Gasteiger charge is 2.07. The summed E-state index contributed by atoms with van der Waals surface area (Å²) in [5, 5.41) is 0.655. The van der Waals surface area contributed by atoms with Crippen LogP contribution in [0.2, 0.25) is 5.02 Å². The van der Waals surface area contributed by atoms with E-state index in [1.807, 2.05) is 18.2 Å². The van der Waals surface area contributed by atoms with E-state index >= 15 is 0 Å². The number of rotatable bonds is 4. The highest BCUT2D eigenvalue weighted by atomic mass is 79.9. The van der Waals surface area contributed by atoms with Crippen LogP contribution in [0.1, 0.15) is 12.3 Å². The van der Waals surface area contributed by atoms with Crippen LogP contribution in [-0.2, 0) is 6.42 Å². The van der Waals surface area contributed by atoms with Crippen molar-refractivity contribution < 1.29 is 4.42 Å². The van der Waals surface area contributed by atoms with Crippen LogP contribution >= 0.6 is 27.5 Å². The minimum Gasteiger partial charge on any atom is -0.441 e. The summed E-state index contributed by atoms with van der Waals surface area (Å²) in [6.07, 6.45) is 3.35. The lowest BCUT2D eigenvalue weighted by Crippen LogP contribution is -2.00. The van der Waals surface area contributed by atoms with E-state index in [0.717, 1.165) is 28.6 Å². The minimum absolute atomic E-state index is 0.641.